The summed E-state index contributed by atoms with van der Waals surface area (Å²) in [6.07, 6.45) is 5.05. The van der Waals surface area contributed by atoms with Crippen LogP contribution in [-0.2, 0) is 18.3 Å². The summed E-state index contributed by atoms with van der Waals surface area (Å²) in [5.41, 5.74) is -1.07. The summed E-state index contributed by atoms with van der Waals surface area (Å²) in [7, 11) is 1.44. The Kier molecular flexibility index (Phi) is 4.88. The van der Waals surface area contributed by atoms with E-state index in [0.717, 1.165) is 30.4 Å². The Labute approximate surface area is 151 Å². The van der Waals surface area contributed by atoms with Crippen molar-refractivity contribution in [3.63, 3.8) is 0 Å². The summed E-state index contributed by atoms with van der Waals surface area (Å²) >= 11 is 0. The molecule has 0 bridgehead atoms. The van der Waals surface area contributed by atoms with Gasteiger partial charge in [0.25, 0.3) is 5.56 Å². The molecule has 0 spiro atoms. The Morgan fingerprint density at radius 1 is 1.35 bits per heavy atom. The van der Waals surface area contributed by atoms with Gasteiger partial charge in [0.1, 0.15) is 6.33 Å². The number of aryl methyl sites for hydroxylation is 1. The normalized spacial score (nSPS) is 17.0. The molecule has 0 aromatic carbocycles. The molecule has 2 aromatic heterocycles. The Balaban J connectivity index is 2.01. The van der Waals surface area contributed by atoms with Gasteiger partial charge < -0.3 is 4.74 Å². The smallest absolute Gasteiger partial charge is 0.332 e. The summed E-state index contributed by atoms with van der Waals surface area (Å²) in [5, 5.41) is 0. The quantitative estimate of drug-likeness (QED) is 0.550. The third-order valence-electron chi connectivity index (χ3n) is 5.27. The van der Waals surface area contributed by atoms with Gasteiger partial charge in [-0.05, 0) is 25.7 Å². The molecule has 0 N–H and O–H groups in total. The Morgan fingerprint density at radius 3 is 2.65 bits per heavy atom. The predicted molar refractivity (Wildman–Crippen MR) is 97.5 cm³/mol. The van der Waals surface area contributed by atoms with Crippen LogP contribution >= 0.6 is 0 Å². The monoisotopic (exact) mass is 362 g/mol. The highest BCUT2D eigenvalue weighted by Gasteiger charge is 2.30. The lowest BCUT2D eigenvalue weighted by Crippen LogP contribution is -2.40. The van der Waals surface area contributed by atoms with E-state index in [1.165, 1.54) is 22.5 Å². The minimum Gasteiger partial charge on any atom is -0.373 e. The number of carbonyl (C=O) groups excluding carboxylic acids is 1. The summed E-state index contributed by atoms with van der Waals surface area (Å²) in [6.45, 7) is 6.88. The zero-order valence-corrected chi connectivity index (χ0v) is 15.8. The fourth-order valence-corrected chi connectivity index (χ4v) is 2.96. The number of fused-ring (bicyclic) bond motifs is 1. The van der Waals surface area contributed by atoms with Crippen LogP contribution in [0.2, 0.25) is 0 Å². The number of hydrogen-bond acceptors (Lipinski definition) is 5. The minimum atomic E-state index is -0.621. The molecule has 0 saturated carbocycles. The molecule has 0 aliphatic carbocycles. The van der Waals surface area contributed by atoms with E-state index in [1.807, 2.05) is 20.8 Å². The molecule has 26 heavy (non-hydrogen) atoms. The second-order valence-corrected chi connectivity index (χ2v) is 7.58. The topological polar surface area (TPSA) is 91.4 Å². The van der Waals surface area contributed by atoms with E-state index in [2.05, 4.69) is 4.98 Å². The summed E-state index contributed by atoms with van der Waals surface area (Å²) < 4.78 is 9.04. The van der Waals surface area contributed by atoms with Crippen LogP contribution in [0.25, 0.3) is 11.2 Å². The average molecular weight is 362 g/mol. The predicted octanol–water partition coefficient (Wildman–Crippen LogP) is 1.54. The van der Waals surface area contributed by atoms with Gasteiger partial charge in [0.2, 0.25) is 5.91 Å². The molecule has 8 heteroatoms. The second-order valence-electron chi connectivity index (χ2n) is 7.58. The van der Waals surface area contributed by atoms with Crippen molar-refractivity contribution in [1.29, 1.82) is 0 Å². The van der Waals surface area contributed by atoms with Crippen LogP contribution in [0.1, 0.15) is 51.2 Å². The fraction of sp³-hybridized carbons (Fsp3) is 0.667. The number of rotatable bonds is 7. The third kappa shape index (κ3) is 3.25. The molecule has 1 fully saturated rings. The molecule has 3 heterocycles. The highest BCUT2D eigenvalue weighted by Crippen LogP contribution is 2.24. The van der Waals surface area contributed by atoms with Crippen LogP contribution in [0, 0.1) is 5.41 Å². The van der Waals surface area contributed by atoms with Crippen molar-refractivity contribution in [2.45, 2.75) is 59.1 Å². The van der Waals surface area contributed by atoms with E-state index in [9.17, 15) is 14.4 Å². The van der Waals surface area contributed by atoms with Crippen molar-refractivity contribution >= 4 is 17.1 Å². The number of nitrogens with zero attached hydrogens (tertiary/aromatic N) is 4. The van der Waals surface area contributed by atoms with Crippen molar-refractivity contribution in [3.05, 3.63) is 27.2 Å². The van der Waals surface area contributed by atoms with Gasteiger partial charge in [-0.15, -0.1) is 0 Å². The third-order valence-corrected chi connectivity index (χ3v) is 5.27. The first-order chi connectivity index (χ1) is 12.3. The van der Waals surface area contributed by atoms with Gasteiger partial charge >= 0.3 is 5.69 Å². The van der Waals surface area contributed by atoms with Crippen LogP contribution < -0.4 is 11.2 Å². The van der Waals surface area contributed by atoms with Gasteiger partial charge in [0.05, 0.1) is 12.7 Å². The standard InChI is InChI=1S/C18H26N4O4/c1-5-18(2,3)16(24)22-11-19-14-13(22)15(23)20(4)17(25)21(14)9-7-6-8-12-10-26-12/h11-12H,5-10H2,1-4H3. The molecular weight excluding hydrogens is 336 g/mol. The van der Waals surface area contributed by atoms with E-state index in [0.29, 0.717) is 19.1 Å². The van der Waals surface area contributed by atoms with Crippen LogP contribution in [0.3, 0.4) is 0 Å². The maximum Gasteiger partial charge on any atom is 0.332 e. The number of aromatic nitrogens is 4. The first-order valence-electron chi connectivity index (χ1n) is 9.11. The van der Waals surface area contributed by atoms with Gasteiger partial charge in [-0.25, -0.2) is 9.78 Å². The Hall–Kier alpha value is -2.22. The molecule has 1 saturated heterocycles. The van der Waals surface area contributed by atoms with Crippen molar-refractivity contribution in [2.24, 2.45) is 12.5 Å². The Morgan fingerprint density at radius 2 is 2.04 bits per heavy atom. The van der Waals surface area contributed by atoms with Gasteiger partial charge in [-0.2, -0.15) is 0 Å². The lowest BCUT2D eigenvalue weighted by Gasteiger charge is -2.21. The molecule has 1 aliphatic heterocycles. The number of ether oxygens (including phenoxy) is 1. The zero-order valence-electron chi connectivity index (χ0n) is 15.8. The number of hydrogen-bond donors (Lipinski definition) is 0. The summed E-state index contributed by atoms with van der Waals surface area (Å²) in [6, 6.07) is 0. The Bertz CT molecular complexity index is 946. The maximum absolute atomic E-state index is 12.8. The van der Waals surface area contributed by atoms with Gasteiger partial charge in [-0.3, -0.25) is 23.3 Å². The highest BCUT2D eigenvalue weighted by molar-refractivity contribution is 5.91. The van der Waals surface area contributed by atoms with Crippen molar-refractivity contribution < 1.29 is 9.53 Å². The SMILES string of the molecule is CCC(C)(C)C(=O)n1cnc2c1c(=O)n(C)c(=O)n2CCCCC1CO1. The molecular formula is C18H26N4O4. The lowest BCUT2D eigenvalue weighted by atomic mass is 9.89. The van der Waals surface area contributed by atoms with E-state index in [-0.39, 0.29) is 17.1 Å². The number of epoxide rings is 1. The fourth-order valence-electron chi connectivity index (χ4n) is 2.96. The van der Waals surface area contributed by atoms with Crippen molar-refractivity contribution in [3.8, 4) is 0 Å². The first-order valence-corrected chi connectivity index (χ1v) is 9.11. The minimum absolute atomic E-state index is 0.171. The van der Waals surface area contributed by atoms with E-state index in [4.69, 9.17) is 4.74 Å². The highest BCUT2D eigenvalue weighted by atomic mass is 16.6. The first kappa shape index (κ1) is 18.6. The average Bonchev–Trinajstić information content (AvgIpc) is 3.35. The number of carbonyl (C=O) groups is 1. The van der Waals surface area contributed by atoms with E-state index < -0.39 is 16.7 Å². The molecule has 142 valence electrons. The second kappa shape index (κ2) is 6.83. The molecule has 0 radical (unpaired) electrons. The molecule has 0 amide bonds. The van der Waals surface area contributed by atoms with Gasteiger partial charge in [-0.1, -0.05) is 20.8 Å². The van der Waals surface area contributed by atoms with Crippen LogP contribution in [0.5, 0.6) is 0 Å². The summed E-state index contributed by atoms with van der Waals surface area (Å²) in [5.74, 6) is -0.198. The molecule has 3 rings (SSSR count). The van der Waals surface area contributed by atoms with E-state index >= 15 is 0 Å². The molecule has 2 aromatic rings. The number of imidazole rings is 1. The molecule has 1 unspecified atom stereocenters. The van der Waals surface area contributed by atoms with Gasteiger partial charge in [0.15, 0.2) is 11.2 Å². The van der Waals surface area contributed by atoms with Crippen LogP contribution in [0.4, 0.5) is 0 Å². The number of unbranched alkanes of at least 4 members (excludes halogenated alkanes) is 1. The van der Waals surface area contributed by atoms with Gasteiger partial charge in [0, 0.05) is 19.0 Å². The van der Waals surface area contributed by atoms with Crippen LogP contribution in [-0.4, -0.2) is 37.3 Å². The maximum atomic E-state index is 12.8. The molecule has 1 aliphatic rings. The van der Waals surface area contributed by atoms with Crippen LogP contribution in [0.15, 0.2) is 15.9 Å². The summed E-state index contributed by atoms with van der Waals surface area (Å²) in [4.78, 5) is 42.3. The molecule has 8 nitrogen and oxygen atoms in total. The largest absolute Gasteiger partial charge is 0.373 e. The molecule has 1 atom stereocenters. The van der Waals surface area contributed by atoms with Crippen molar-refractivity contribution in [1.82, 2.24) is 18.7 Å². The zero-order chi connectivity index (χ0) is 19.1. The van der Waals surface area contributed by atoms with Crippen molar-refractivity contribution in [2.75, 3.05) is 6.61 Å². The van der Waals surface area contributed by atoms with E-state index in [1.54, 1.807) is 0 Å². The lowest BCUT2D eigenvalue weighted by molar-refractivity contribution is 0.0744.